The summed E-state index contributed by atoms with van der Waals surface area (Å²) in [6, 6.07) is 17.7. The molecule has 1 aliphatic heterocycles. The predicted molar refractivity (Wildman–Crippen MR) is 129 cm³/mol. The van der Waals surface area contributed by atoms with E-state index in [9.17, 15) is 13.2 Å². The number of sulfonamides is 1. The highest BCUT2D eigenvalue weighted by molar-refractivity contribution is 7.88. The van der Waals surface area contributed by atoms with Gasteiger partial charge in [-0.05, 0) is 48.2 Å². The molecule has 9 heteroatoms. The number of aryl methyl sites for hydroxylation is 1. The van der Waals surface area contributed by atoms with Gasteiger partial charge in [0.05, 0.1) is 19.4 Å². The molecule has 2 aromatic carbocycles. The Morgan fingerprint density at radius 2 is 1.76 bits per heavy atom. The lowest BCUT2D eigenvalue weighted by Crippen LogP contribution is -2.52. The van der Waals surface area contributed by atoms with Crippen molar-refractivity contribution in [1.29, 1.82) is 0 Å². The topological polar surface area (TPSA) is 106 Å². The molecule has 0 radical (unpaired) electrons. The molecule has 2 N–H and O–H groups in total. The van der Waals surface area contributed by atoms with Gasteiger partial charge in [-0.3, -0.25) is 9.88 Å². The van der Waals surface area contributed by atoms with Crippen molar-refractivity contribution in [2.24, 2.45) is 5.73 Å². The van der Waals surface area contributed by atoms with Crippen LogP contribution in [0, 0.1) is 6.92 Å². The molecule has 1 aromatic heterocycles. The Labute approximate surface area is 200 Å². The zero-order chi connectivity index (χ0) is 24.3. The molecule has 1 atom stereocenters. The Morgan fingerprint density at radius 1 is 1.06 bits per heavy atom. The van der Waals surface area contributed by atoms with Crippen molar-refractivity contribution in [3.05, 3.63) is 95.3 Å². The number of hydrogen-bond acceptors (Lipinski definition) is 6. The summed E-state index contributed by atoms with van der Waals surface area (Å²) in [6.07, 6.45) is 3.56. The van der Waals surface area contributed by atoms with Crippen molar-refractivity contribution in [2.75, 3.05) is 20.2 Å². The quantitative estimate of drug-likeness (QED) is 0.531. The molecule has 0 aliphatic carbocycles. The normalized spacial score (nSPS) is 18.4. The molecule has 3 aromatic rings. The van der Waals surface area contributed by atoms with Crippen molar-refractivity contribution in [3.8, 4) is 5.75 Å². The van der Waals surface area contributed by atoms with Crippen LogP contribution >= 0.6 is 0 Å². The number of rotatable bonds is 8. The van der Waals surface area contributed by atoms with Crippen LogP contribution in [-0.2, 0) is 27.9 Å². The summed E-state index contributed by atoms with van der Waals surface area (Å²) in [5, 5.41) is 0. The minimum absolute atomic E-state index is 0.167. The van der Waals surface area contributed by atoms with Gasteiger partial charge >= 0.3 is 6.03 Å². The molecular weight excluding hydrogens is 452 g/mol. The molecule has 0 spiro atoms. The summed E-state index contributed by atoms with van der Waals surface area (Å²) in [7, 11) is -2.37. The van der Waals surface area contributed by atoms with Gasteiger partial charge in [0.2, 0.25) is 10.0 Å². The number of carbonyl (C=O) groups excluding carboxylic acids is 1. The van der Waals surface area contributed by atoms with Crippen LogP contribution in [0.4, 0.5) is 4.79 Å². The van der Waals surface area contributed by atoms with Crippen LogP contribution < -0.4 is 10.5 Å². The van der Waals surface area contributed by atoms with E-state index < -0.39 is 21.7 Å². The van der Waals surface area contributed by atoms with Gasteiger partial charge in [0, 0.05) is 18.9 Å². The molecule has 34 heavy (non-hydrogen) atoms. The van der Waals surface area contributed by atoms with E-state index in [1.165, 1.54) is 11.1 Å². The smallest absolute Gasteiger partial charge is 0.335 e. The summed E-state index contributed by atoms with van der Waals surface area (Å²) in [6.45, 7) is 2.05. The zero-order valence-electron chi connectivity index (χ0n) is 19.2. The van der Waals surface area contributed by atoms with E-state index >= 15 is 0 Å². The van der Waals surface area contributed by atoms with Gasteiger partial charge < -0.3 is 10.5 Å². The average molecular weight is 481 g/mol. The summed E-state index contributed by atoms with van der Waals surface area (Å²) < 4.78 is 32.6. The number of nitrogens with zero attached hydrogens (tertiary/aromatic N) is 3. The Balaban J connectivity index is 1.64. The maximum absolute atomic E-state index is 13.5. The monoisotopic (exact) mass is 480 g/mol. The molecule has 8 nitrogen and oxygen atoms in total. The third-order valence-corrected chi connectivity index (χ3v) is 7.71. The first-order chi connectivity index (χ1) is 16.2. The molecule has 1 saturated heterocycles. The van der Waals surface area contributed by atoms with E-state index in [0.717, 1.165) is 21.2 Å². The van der Waals surface area contributed by atoms with Crippen LogP contribution in [-0.4, -0.2) is 48.8 Å². The van der Waals surface area contributed by atoms with Gasteiger partial charge in [0.15, 0.2) is 0 Å². The number of methoxy groups -OCH3 is 1. The molecule has 1 aliphatic rings. The molecule has 4 rings (SSSR count). The van der Waals surface area contributed by atoms with E-state index in [1.54, 1.807) is 25.4 Å². The molecular formula is C25H28N4O4S. The maximum atomic E-state index is 13.5. The lowest BCUT2D eigenvalue weighted by Gasteiger charge is -2.33. The van der Waals surface area contributed by atoms with Gasteiger partial charge in [0.1, 0.15) is 11.4 Å². The van der Waals surface area contributed by atoms with E-state index in [-0.39, 0.29) is 18.8 Å². The Bertz CT molecular complexity index is 1250. The third kappa shape index (κ3) is 4.76. The highest BCUT2D eigenvalue weighted by atomic mass is 32.2. The Hall–Kier alpha value is -3.43. The van der Waals surface area contributed by atoms with Crippen LogP contribution in [0.5, 0.6) is 5.75 Å². The number of carbonyl (C=O) groups is 1. The Kier molecular flexibility index (Phi) is 6.58. The van der Waals surface area contributed by atoms with E-state index in [4.69, 9.17) is 10.5 Å². The molecule has 2 amide bonds. The first-order valence-electron chi connectivity index (χ1n) is 10.9. The van der Waals surface area contributed by atoms with Gasteiger partial charge in [-0.15, -0.1) is 0 Å². The number of urea groups is 1. The van der Waals surface area contributed by atoms with E-state index in [1.807, 2.05) is 55.5 Å². The standard InChI is InChI=1S/C25H28N4O4S/c1-19-5-9-22(10-6-19)25(26)18-29(34(31,32)17-21-4-3-14-27-16-21)24(30)28(25)15-13-20-7-11-23(33-2)12-8-20/h3-12,14,16H,13,15,17-18,26H2,1-2H3. The van der Waals surface area contributed by atoms with Crippen molar-refractivity contribution in [3.63, 3.8) is 0 Å². The molecule has 178 valence electrons. The van der Waals surface area contributed by atoms with Crippen LogP contribution in [0.1, 0.15) is 22.3 Å². The minimum atomic E-state index is -3.97. The van der Waals surface area contributed by atoms with Crippen LogP contribution in [0.25, 0.3) is 0 Å². The van der Waals surface area contributed by atoms with Crippen LogP contribution in [0.3, 0.4) is 0 Å². The maximum Gasteiger partial charge on any atom is 0.335 e. The fourth-order valence-electron chi connectivity index (χ4n) is 4.08. The largest absolute Gasteiger partial charge is 0.497 e. The van der Waals surface area contributed by atoms with Crippen molar-refractivity contribution >= 4 is 16.1 Å². The molecule has 2 heterocycles. The second-order valence-corrected chi connectivity index (χ2v) is 10.3. The summed E-state index contributed by atoms with van der Waals surface area (Å²) in [5.41, 5.74) is 8.74. The highest BCUT2D eigenvalue weighted by Crippen LogP contribution is 2.34. The number of pyridine rings is 1. The number of nitrogens with two attached hydrogens (primary N) is 1. The fourth-order valence-corrected chi connectivity index (χ4v) is 5.56. The first kappa shape index (κ1) is 23.7. The predicted octanol–water partition coefficient (Wildman–Crippen LogP) is 3.02. The van der Waals surface area contributed by atoms with Crippen LogP contribution in [0.15, 0.2) is 73.1 Å². The van der Waals surface area contributed by atoms with Gasteiger partial charge in [-0.2, -0.15) is 0 Å². The zero-order valence-corrected chi connectivity index (χ0v) is 20.0. The molecule has 0 saturated carbocycles. The van der Waals surface area contributed by atoms with E-state index in [2.05, 4.69) is 4.98 Å². The number of benzene rings is 2. The van der Waals surface area contributed by atoms with Crippen LogP contribution in [0.2, 0.25) is 0 Å². The van der Waals surface area contributed by atoms with E-state index in [0.29, 0.717) is 17.5 Å². The average Bonchev–Trinajstić information content (AvgIpc) is 3.10. The van der Waals surface area contributed by atoms with Gasteiger partial charge in [0.25, 0.3) is 0 Å². The second kappa shape index (κ2) is 9.44. The summed E-state index contributed by atoms with van der Waals surface area (Å²) >= 11 is 0. The summed E-state index contributed by atoms with van der Waals surface area (Å²) in [4.78, 5) is 18.9. The minimum Gasteiger partial charge on any atom is -0.497 e. The lowest BCUT2D eigenvalue weighted by molar-refractivity contribution is 0.159. The van der Waals surface area contributed by atoms with Gasteiger partial charge in [-0.25, -0.2) is 17.5 Å². The highest BCUT2D eigenvalue weighted by Gasteiger charge is 2.52. The number of ether oxygens (including phenoxy) is 1. The van der Waals surface area contributed by atoms with Gasteiger partial charge in [-0.1, -0.05) is 48.0 Å². The van der Waals surface area contributed by atoms with Crippen molar-refractivity contribution in [1.82, 2.24) is 14.2 Å². The second-order valence-electron chi connectivity index (χ2n) is 8.45. The third-order valence-electron chi connectivity index (χ3n) is 6.05. The lowest BCUT2D eigenvalue weighted by atomic mass is 9.98. The Morgan fingerprint density at radius 3 is 2.38 bits per heavy atom. The summed E-state index contributed by atoms with van der Waals surface area (Å²) in [5.74, 6) is 0.407. The molecule has 0 bridgehead atoms. The van der Waals surface area contributed by atoms with Crippen molar-refractivity contribution in [2.45, 2.75) is 24.8 Å². The number of aromatic nitrogens is 1. The molecule has 1 unspecified atom stereocenters. The van der Waals surface area contributed by atoms with Crippen molar-refractivity contribution < 1.29 is 17.9 Å². The molecule has 1 fully saturated rings. The SMILES string of the molecule is COc1ccc(CCN2C(=O)N(S(=O)(=O)Cc3cccnc3)CC2(N)c2ccc(C)cc2)cc1. The first-order valence-corrected chi connectivity index (χ1v) is 12.5. The fraction of sp³-hybridized carbons (Fsp3) is 0.280. The number of hydrogen-bond donors (Lipinski definition) is 1. The number of amides is 2.